The van der Waals surface area contributed by atoms with Crippen molar-refractivity contribution >= 4 is 0 Å². The smallest absolute Gasteiger partial charge is 0.174 e. The molecule has 0 heterocycles. The average Bonchev–Trinajstić information content (AvgIpc) is 2.34. The Balaban J connectivity index is 3.20. The van der Waals surface area contributed by atoms with Gasteiger partial charge in [-0.15, -0.1) is 0 Å². The van der Waals surface area contributed by atoms with E-state index in [2.05, 4.69) is 13.8 Å². The quantitative estimate of drug-likeness (QED) is 0.787. The molecule has 1 rings (SSSR count). The molecule has 1 aromatic carbocycles. The largest absolute Gasteiger partial charge is 0.493 e. The third-order valence-electron chi connectivity index (χ3n) is 2.43. The fourth-order valence-corrected chi connectivity index (χ4v) is 1.56. The van der Waals surface area contributed by atoms with E-state index in [0.29, 0.717) is 17.2 Å². The highest BCUT2D eigenvalue weighted by molar-refractivity contribution is 5.51. The van der Waals surface area contributed by atoms with Crippen LogP contribution in [0.2, 0.25) is 0 Å². The number of ether oxygens (including phenoxy) is 3. The van der Waals surface area contributed by atoms with E-state index in [9.17, 15) is 0 Å². The van der Waals surface area contributed by atoms with E-state index in [1.54, 1.807) is 20.3 Å². The molecule has 4 heteroatoms. The van der Waals surface area contributed by atoms with Crippen molar-refractivity contribution in [2.24, 2.45) is 0 Å². The summed E-state index contributed by atoms with van der Waals surface area (Å²) in [6.45, 7) is 4.14. The molecule has 92 valence electrons. The van der Waals surface area contributed by atoms with Crippen LogP contribution < -0.4 is 14.2 Å². The van der Waals surface area contributed by atoms with Crippen molar-refractivity contribution in [3.8, 4) is 23.3 Å². The van der Waals surface area contributed by atoms with Crippen LogP contribution in [-0.4, -0.2) is 20.8 Å². The van der Waals surface area contributed by atoms with Crippen LogP contribution in [-0.2, 0) is 0 Å². The first kappa shape index (κ1) is 13.2. The summed E-state index contributed by atoms with van der Waals surface area (Å²) in [6.07, 6.45) is 0. The summed E-state index contributed by atoms with van der Waals surface area (Å²) in [5.74, 6) is 2.22. The molecule has 0 aromatic heterocycles. The highest BCUT2D eigenvalue weighted by atomic mass is 16.5. The standard InChI is InChI=1S/C13H17NO3/c1-9(2)10-7-12(15-3)13(16-4)8-11(10)17-6-5-14/h7-9H,6H2,1-4H3. The van der Waals surface area contributed by atoms with Gasteiger partial charge in [-0.1, -0.05) is 13.8 Å². The number of hydrogen-bond acceptors (Lipinski definition) is 4. The molecule has 1 aromatic rings. The second-order valence-electron chi connectivity index (χ2n) is 3.85. The Morgan fingerprint density at radius 3 is 2.18 bits per heavy atom. The van der Waals surface area contributed by atoms with Crippen molar-refractivity contribution in [2.45, 2.75) is 19.8 Å². The minimum Gasteiger partial charge on any atom is -0.493 e. The minimum atomic E-state index is 0.0230. The van der Waals surface area contributed by atoms with E-state index in [0.717, 1.165) is 5.56 Å². The van der Waals surface area contributed by atoms with E-state index in [1.807, 2.05) is 12.1 Å². The maximum absolute atomic E-state index is 8.55. The highest BCUT2D eigenvalue weighted by Crippen LogP contribution is 2.37. The maximum Gasteiger partial charge on any atom is 0.174 e. The molecule has 0 saturated carbocycles. The van der Waals surface area contributed by atoms with Gasteiger partial charge in [0, 0.05) is 11.6 Å². The van der Waals surface area contributed by atoms with Crippen molar-refractivity contribution < 1.29 is 14.2 Å². The average molecular weight is 235 g/mol. The molecule has 0 spiro atoms. The number of hydrogen-bond donors (Lipinski definition) is 0. The second kappa shape index (κ2) is 6.00. The van der Waals surface area contributed by atoms with Crippen molar-refractivity contribution in [3.63, 3.8) is 0 Å². The molecule has 0 aliphatic rings. The van der Waals surface area contributed by atoms with E-state index < -0.39 is 0 Å². The third kappa shape index (κ3) is 3.04. The number of nitrogens with zero attached hydrogens (tertiary/aromatic N) is 1. The van der Waals surface area contributed by atoms with Gasteiger partial charge in [0.2, 0.25) is 0 Å². The van der Waals surface area contributed by atoms with E-state index in [1.165, 1.54) is 0 Å². The SMILES string of the molecule is COc1cc(OCC#N)c(C(C)C)cc1OC. The molecule has 0 unspecified atom stereocenters. The maximum atomic E-state index is 8.55. The van der Waals surface area contributed by atoms with Gasteiger partial charge in [0.25, 0.3) is 0 Å². The van der Waals surface area contributed by atoms with Gasteiger partial charge in [0.1, 0.15) is 11.8 Å². The van der Waals surface area contributed by atoms with Crippen LogP contribution in [0.25, 0.3) is 0 Å². The lowest BCUT2D eigenvalue weighted by molar-refractivity contribution is 0.337. The fourth-order valence-electron chi connectivity index (χ4n) is 1.56. The van der Waals surface area contributed by atoms with Crippen molar-refractivity contribution in [1.29, 1.82) is 5.26 Å². The Hall–Kier alpha value is -1.89. The van der Waals surface area contributed by atoms with Crippen LogP contribution in [0, 0.1) is 11.3 Å². The Morgan fingerprint density at radius 2 is 1.71 bits per heavy atom. The zero-order valence-electron chi connectivity index (χ0n) is 10.6. The molecule has 17 heavy (non-hydrogen) atoms. The second-order valence-corrected chi connectivity index (χ2v) is 3.85. The van der Waals surface area contributed by atoms with Crippen LogP contribution in [0.4, 0.5) is 0 Å². The van der Waals surface area contributed by atoms with Crippen molar-refractivity contribution in [1.82, 2.24) is 0 Å². The molecule has 0 N–H and O–H groups in total. The van der Waals surface area contributed by atoms with E-state index in [4.69, 9.17) is 19.5 Å². The zero-order chi connectivity index (χ0) is 12.8. The molecule has 0 amide bonds. The third-order valence-corrected chi connectivity index (χ3v) is 2.43. The summed E-state index contributed by atoms with van der Waals surface area (Å²) >= 11 is 0. The Labute approximate surface area is 102 Å². The lowest BCUT2D eigenvalue weighted by Gasteiger charge is -2.16. The number of benzene rings is 1. The van der Waals surface area contributed by atoms with Crippen LogP contribution in [0.1, 0.15) is 25.3 Å². The summed E-state index contributed by atoms with van der Waals surface area (Å²) in [5, 5.41) is 8.55. The molecule has 0 aliphatic heterocycles. The lowest BCUT2D eigenvalue weighted by atomic mass is 10.0. The van der Waals surface area contributed by atoms with Gasteiger partial charge in [0.15, 0.2) is 18.1 Å². The van der Waals surface area contributed by atoms with Crippen LogP contribution in [0.5, 0.6) is 17.2 Å². The predicted molar refractivity (Wildman–Crippen MR) is 64.7 cm³/mol. The predicted octanol–water partition coefficient (Wildman–Crippen LogP) is 2.73. The minimum absolute atomic E-state index is 0.0230. The molecule has 0 fully saturated rings. The molecule has 4 nitrogen and oxygen atoms in total. The van der Waals surface area contributed by atoms with Gasteiger partial charge in [-0.25, -0.2) is 0 Å². The van der Waals surface area contributed by atoms with Gasteiger partial charge < -0.3 is 14.2 Å². The van der Waals surface area contributed by atoms with Gasteiger partial charge in [0.05, 0.1) is 14.2 Å². The molecule has 0 bridgehead atoms. The summed E-state index contributed by atoms with van der Waals surface area (Å²) in [4.78, 5) is 0. The number of nitriles is 1. The molecular formula is C13H17NO3. The van der Waals surface area contributed by atoms with Crippen LogP contribution in [0.15, 0.2) is 12.1 Å². The normalized spacial score (nSPS) is 9.88. The first-order chi connectivity index (χ1) is 8.13. The highest BCUT2D eigenvalue weighted by Gasteiger charge is 2.14. The van der Waals surface area contributed by atoms with Gasteiger partial charge >= 0.3 is 0 Å². The summed E-state index contributed by atoms with van der Waals surface area (Å²) in [5.41, 5.74) is 0.998. The van der Waals surface area contributed by atoms with E-state index >= 15 is 0 Å². The molecule has 0 aliphatic carbocycles. The summed E-state index contributed by atoms with van der Waals surface area (Å²) < 4.78 is 15.8. The molecule has 0 saturated heterocycles. The molecular weight excluding hydrogens is 218 g/mol. The van der Waals surface area contributed by atoms with Crippen molar-refractivity contribution in [3.05, 3.63) is 17.7 Å². The Bertz CT molecular complexity index is 421. The first-order valence-corrected chi connectivity index (χ1v) is 5.39. The Morgan fingerprint density at radius 1 is 1.12 bits per heavy atom. The Kier molecular flexibility index (Phi) is 4.65. The summed E-state index contributed by atoms with van der Waals surface area (Å²) in [7, 11) is 3.17. The number of rotatable bonds is 5. The number of methoxy groups -OCH3 is 2. The van der Waals surface area contributed by atoms with Gasteiger partial charge in [-0.3, -0.25) is 0 Å². The van der Waals surface area contributed by atoms with Gasteiger partial charge in [-0.2, -0.15) is 5.26 Å². The topological polar surface area (TPSA) is 51.5 Å². The summed E-state index contributed by atoms with van der Waals surface area (Å²) in [6, 6.07) is 5.59. The van der Waals surface area contributed by atoms with Crippen molar-refractivity contribution in [2.75, 3.05) is 20.8 Å². The first-order valence-electron chi connectivity index (χ1n) is 5.39. The molecule has 0 radical (unpaired) electrons. The fraction of sp³-hybridized carbons (Fsp3) is 0.462. The zero-order valence-corrected chi connectivity index (χ0v) is 10.6. The molecule has 0 atom stereocenters. The van der Waals surface area contributed by atoms with Crippen LogP contribution >= 0.6 is 0 Å². The monoisotopic (exact) mass is 235 g/mol. The van der Waals surface area contributed by atoms with E-state index in [-0.39, 0.29) is 12.5 Å². The lowest BCUT2D eigenvalue weighted by Crippen LogP contribution is -2.01. The van der Waals surface area contributed by atoms with Crippen LogP contribution in [0.3, 0.4) is 0 Å². The van der Waals surface area contributed by atoms with Gasteiger partial charge in [-0.05, 0) is 12.0 Å².